The molecule has 2 saturated heterocycles. The molecular formula is C65H116O14. The van der Waals surface area contributed by atoms with Crippen LogP contribution in [0.2, 0.25) is 0 Å². The summed E-state index contributed by atoms with van der Waals surface area (Å²) in [6.07, 6.45) is 48.5. The summed E-state index contributed by atoms with van der Waals surface area (Å²) >= 11 is 0. The number of rotatable bonds is 52. The van der Waals surface area contributed by atoms with E-state index in [1.807, 2.05) is 0 Å². The molecule has 0 saturated carbocycles. The maximum Gasteiger partial charge on any atom is 0.306 e. The van der Waals surface area contributed by atoms with E-state index in [9.17, 15) is 40.5 Å². The minimum absolute atomic E-state index is 0.0584. The second kappa shape index (κ2) is 51.3. The Hall–Kier alpha value is -2.31. The molecule has 0 aromatic carbocycles. The number of carbonyl (C=O) groups excluding carboxylic acids is 1. The van der Waals surface area contributed by atoms with E-state index in [0.717, 1.165) is 70.6 Å². The molecule has 2 fully saturated rings. The van der Waals surface area contributed by atoms with Crippen molar-refractivity contribution in [3.63, 3.8) is 0 Å². The van der Waals surface area contributed by atoms with Gasteiger partial charge in [-0.05, 0) is 77.0 Å². The van der Waals surface area contributed by atoms with Crippen molar-refractivity contribution in [2.75, 3.05) is 33.0 Å². The summed E-state index contributed by atoms with van der Waals surface area (Å²) in [7, 11) is 0. The zero-order chi connectivity index (χ0) is 57.2. The van der Waals surface area contributed by atoms with Gasteiger partial charge in [-0.3, -0.25) is 4.79 Å². The van der Waals surface area contributed by atoms with Gasteiger partial charge >= 0.3 is 5.97 Å². The lowest BCUT2D eigenvalue weighted by Crippen LogP contribution is -2.61. The molecule has 460 valence electrons. The maximum atomic E-state index is 13.1. The highest BCUT2D eigenvalue weighted by atomic mass is 16.7. The Bertz CT molecular complexity index is 1540. The van der Waals surface area contributed by atoms with Gasteiger partial charge in [0.2, 0.25) is 0 Å². The van der Waals surface area contributed by atoms with Crippen LogP contribution in [0.25, 0.3) is 0 Å². The average molecular weight is 1120 g/mol. The molecule has 2 heterocycles. The van der Waals surface area contributed by atoms with Gasteiger partial charge in [0, 0.05) is 13.0 Å². The van der Waals surface area contributed by atoms with Gasteiger partial charge in [0.05, 0.1) is 26.4 Å². The van der Waals surface area contributed by atoms with Crippen molar-refractivity contribution in [1.29, 1.82) is 0 Å². The molecule has 0 aromatic rings. The highest BCUT2D eigenvalue weighted by molar-refractivity contribution is 5.69. The zero-order valence-corrected chi connectivity index (χ0v) is 49.6. The number of hydrogen-bond donors (Lipinski definition) is 7. The average Bonchev–Trinajstić information content (AvgIpc) is 3.46. The second-order valence-corrected chi connectivity index (χ2v) is 22.2. The Morgan fingerprint density at radius 3 is 1.30 bits per heavy atom. The van der Waals surface area contributed by atoms with E-state index < -0.39 is 80.7 Å². The van der Waals surface area contributed by atoms with E-state index >= 15 is 0 Å². The first-order valence-corrected chi connectivity index (χ1v) is 31.9. The first-order chi connectivity index (χ1) is 38.6. The molecule has 0 radical (unpaired) electrons. The molecule has 2 aliphatic rings. The summed E-state index contributed by atoms with van der Waals surface area (Å²) < 4.78 is 34.5. The topological polar surface area (TPSA) is 214 Å². The molecule has 2 rings (SSSR count). The van der Waals surface area contributed by atoms with Crippen LogP contribution in [0, 0.1) is 0 Å². The normalized spacial score (nSPS) is 24.4. The number of ether oxygens (including phenoxy) is 6. The summed E-state index contributed by atoms with van der Waals surface area (Å²) in [4.78, 5) is 13.1. The largest absolute Gasteiger partial charge is 0.457 e. The van der Waals surface area contributed by atoms with E-state index in [1.165, 1.54) is 148 Å². The van der Waals surface area contributed by atoms with Crippen molar-refractivity contribution < 1.29 is 69.0 Å². The lowest BCUT2D eigenvalue weighted by Gasteiger charge is -2.42. The first kappa shape index (κ1) is 72.8. The molecule has 11 atom stereocenters. The molecule has 0 aromatic heterocycles. The molecule has 0 aliphatic carbocycles. The van der Waals surface area contributed by atoms with Gasteiger partial charge < -0.3 is 64.2 Å². The van der Waals surface area contributed by atoms with Gasteiger partial charge in [0.25, 0.3) is 0 Å². The second-order valence-electron chi connectivity index (χ2n) is 22.2. The Morgan fingerprint density at radius 1 is 0.430 bits per heavy atom. The Balaban J connectivity index is 1.68. The fraction of sp³-hybridized carbons (Fsp3) is 0.831. The monoisotopic (exact) mass is 1120 g/mol. The van der Waals surface area contributed by atoms with Crippen molar-refractivity contribution in [2.24, 2.45) is 0 Å². The van der Waals surface area contributed by atoms with Gasteiger partial charge in [-0.15, -0.1) is 0 Å². The van der Waals surface area contributed by atoms with Gasteiger partial charge in [-0.2, -0.15) is 0 Å². The van der Waals surface area contributed by atoms with Gasteiger partial charge in [-0.25, -0.2) is 0 Å². The van der Waals surface area contributed by atoms with E-state index in [0.29, 0.717) is 13.0 Å². The Labute approximate surface area is 479 Å². The fourth-order valence-corrected chi connectivity index (χ4v) is 9.92. The predicted molar refractivity (Wildman–Crippen MR) is 316 cm³/mol. The lowest BCUT2D eigenvalue weighted by atomic mass is 9.98. The van der Waals surface area contributed by atoms with Crippen LogP contribution in [0.3, 0.4) is 0 Å². The smallest absolute Gasteiger partial charge is 0.306 e. The summed E-state index contributed by atoms with van der Waals surface area (Å²) in [5.41, 5.74) is 0. The van der Waals surface area contributed by atoms with Crippen LogP contribution in [-0.4, -0.2) is 142 Å². The molecule has 0 spiro atoms. The number of allylic oxidation sites excluding steroid dienone is 10. The van der Waals surface area contributed by atoms with Crippen molar-refractivity contribution in [3.8, 4) is 0 Å². The van der Waals surface area contributed by atoms with Crippen LogP contribution in [0.15, 0.2) is 60.8 Å². The van der Waals surface area contributed by atoms with Gasteiger partial charge in [0.15, 0.2) is 12.6 Å². The molecule has 79 heavy (non-hydrogen) atoms. The summed E-state index contributed by atoms with van der Waals surface area (Å²) in [5.74, 6) is -0.380. The minimum Gasteiger partial charge on any atom is -0.457 e. The minimum atomic E-state index is -1.71. The van der Waals surface area contributed by atoms with Crippen LogP contribution in [-0.2, 0) is 33.2 Å². The highest BCUT2D eigenvalue weighted by Gasteiger charge is 2.47. The fourth-order valence-electron chi connectivity index (χ4n) is 9.92. The summed E-state index contributed by atoms with van der Waals surface area (Å²) in [6.45, 7) is 3.60. The molecule has 2 aliphatic heterocycles. The van der Waals surface area contributed by atoms with Gasteiger partial charge in [-0.1, -0.05) is 222 Å². The van der Waals surface area contributed by atoms with Crippen molar-refractivity contribution in [1.82, 2.24) is 0 Å². The first-order valence-electron chi connectivity index (χ1n) is 31.9. The highest BCUT2D eigenvalue weighted by Crippen LogP contribution is 2.27. The van der Waals surface area contributed by atoms with Crippen LogP contribution in [0.1, 0.15) is 245 Å². The molecular weight excluding hydrogens is 1000 g/mol. The molecule has 0 bridgehead atoms. The number of carbonyl (C=O) groups is 1. The van der Waals surface area contributed by atoms with Gasteiger partial charge in [0.1, 0.15) is 54.9 Å². The molecule has 0 amide bonds. The SMILES string of the molecule is CC/C=C\C/C=C\C/C=C\C/C=C\CCCCCCCCCCCCC(=O)OC(COCCCCCCCCCCCC/C=C\CCCCCCCCCC)COC1OC(COC2OC(CO)C(O)C(O)C2O)C(O)C(O)C1O. The number of unbranched alkanes of at least 4 members (excludes halogenated alkanes) is 28. The number of aliphatic hydroxyl groups is 7. The molecule has 14 heteroatoms. The van der Waals surface area contributed by atoms with E-state index in [4.69, 9.17) is 28.4 Å². The number of hydrogen-bond acceptors (Lipinski definition) is 14. The standard InChI is InChI=1S/C65H116O14/c1-3-5-7-9-11-13-15-17-19-21-23-25-27-28-30-32-34-36-38-40-42-44-46-48-57(67)77-54(51-74-49-47-45-43-41-39-37-35-33-31-29-26-24-22-20-18-16-14-12-10-8-6-4-2)52-75-64-63(73)61(71)59(69)56(79-64)53-76-65-62(72)60(70)58(68)55(50-66)78-65/h5,7,11,13,17,19,22-25,54-56,58-66,68-73H,3-4,6,8-10,12,14-16,18,20-21,26-53H2,1-2H3/b7-5-,13-11-,19-17-,24-22-,25-23-. The van der Waals surface area contributed by atoms with Crippen molar-refractivity contribution >= 4 is 5.97 Å². The zero-order valence-electron chi connectivity index (χ0n) is 49.6. The summed E-state index contributed by atoms with van der Waals surface area (Å²) in [5, 5.41) is 72.5. The molecule has 7 N–H and O–H groups in total. The molecule has 11 unspecified atom stereocenters. The predicted octanol–water partition coefficient (Wildman–Crippen LogP) is 12.4. The third kappa shape index (κ3) is 37.5. The van der Waals surface area contributed by atoms with Crippen molar-refractivity contribution in [2.45, 2.75) is 313 Å². The van der Waals surface area contributed by atoms with Crippen LogP contribution in [0.4, 0.5) is 0 Å². The maximum absolute atomic E-state index is 13.1. The third-order valence-corrected chi connectivity index (χ3v) is 15.0. The summed E-state index contributed by atoms with van der Waals surface area (Å²) in [6, 6.07) is 0. The van der Waals surface area contributed by atoms with Crippen LogP contribution >= 0.6 is 0 Å². The van der Waals surface area contributed by atoms with Crippen LogP contribution < -0.4 is 0 Å². The Kier molecular flexibility index (Phi) is 47.3. The van der Waals surface area contributed by atoms with Crippen LogP contribution in [0.5, 0.6) is 0 Å². The van der Waals surface area contributed by atoms with E-state index in [-0.39, 0.29) is 25.6 Å². The Morgan fingerprint density at radius 2 is 0.823 bits per heavy atom. The third-order valence-electron chi connectivity index (χ3n) is 15.0. The molecule has 14 nitrogen and oxygen atoms in total. The lowest BCUT2D eigenvalue weighted by molar-refractivity contribution is -0.332. The van der Waals surface area contributed by atoms with Crippen molar-refractivity contribution in [3.05, 3.63) is 60.8 Å². The number of esters is 1. The van der Waals surface area contributed by atoms with E-state index in [1.54, 1.807) is 0 Å². The van der Waals surface area contributed by atoms with E-state index in [2.05, 4.69) is 74.6 Å². The quantitative estimate of drug-likeness (QED) is 0.0172. The number of aliphatic hydroxyl groups excluding tert-OH is 7.